The zero-order valence-electron chi connectivity index (χ0n) is 13.0. The van der Waals surface area contributed by atoms with E-state index in [-0.39, 0.29) is 11.9 Å². The number of hydrogen-bond donors (Lipinski definition) is 2. The van der Waals surface area contributed by atoms with Gasteiger partial charge in [-0.1, -0.05) is 25.1 Å². The van der Waals surface area contributed by atoms with Crippen LogP contribution in [0.5, 0.6) is 5.75 Å². The van der Waals surface area contributed by atoms with Crippen molar-refractivity contribution in [1.82, 2.24) is 0 Å². The largest absolute Gasteiger partial charge is 0.494 e. The van der Waals surface area contributed by atoms with E-state index in [1.807, 2.05) is 68.4 Å². The fourth-order valence-corrected chi connectivity index (χ4v) is 2.12. The molecule has 0 heterocycles. The maximum absolute atomic E-state index is 12.3. The minimum atomic E-state index is -0.279. The van der Waals surface area contributed by atoms with Gasteiger partial charge in [0.25, 0.3) is 0 Å². The summed E-state index contributed by atoms with van der Waals surface area (Å²) in [5.74, 6) is 0.789. The van der Waals surface area contributed by atoms with Gasteiger partial charge in [0.05, 0.1) is 6.61 Å². The first-order chi connectivity index (χ1) is 10.7. The van der Waals surface area contributed by atoms with Gasteiger partial charge in [0.2, 0.25) is 5.91 Å². The van der Waals surface area contributed by atoms with E-state index in [0.29, 0.717) is 13.0 Å². The monoisotopic (exact) mass is 298 g/mol. The average Bonchev–Trinajstić information content (AvgIpc) is 2.55. The molecule has 2 rings (SSSR count). The van der Waals surface area contributed by atoms with Crippen LogP contribution in [0, 0.1) is 0 Å². The fraction of sp³-hybridized carbons (Fsp3) is 0.278. The molecule has 0 saturated heterocycles. The van der Waals surface area contributed by atoms with E-state index in [1.54, 1.807) is 0 Å². The van der Waals surface area contributed by atoms with E-state index in [1.165, 1.54) is 0 Å². The number of rotatable bonds is 7. The highest BCUT2D eigenvalue weighted by molar-refractivity contribution is 5.96. The summed E-state index contributed by atoms with van der Waals surface area (Å²) >= 11 is 0. The molecular weight excluding hydrogens is 276 g/mol. The van der Waals surface area contributed by atoms with Gasteiger partial charge in [0, 0.05) is 11.4 Å². The lowest BCUT2D eigenvalue weighted by atomic mass is 10.2. The summed E-state index contributed by atoms with van der Waals surface area (Å²) in [6, 6.07) is 16.8. The second kappa shape index (κ2) is 8.08. The first-order valence-corrected chi connectivity index (χ1v) is 7.58. The van der Waals surface area contributed by atoms with E-state index >= 15 is 0 Å². The normalized spacial score (nSPS) is 11.5. The Morgan fingerprint density at radius 2 is 1.68 bits per heavy atom. The number of carbonyl (C=O) groups excluding carboxylic acids is 1. The van der Waals surface area contributed by atoms with Crippen LogP contribution < -0.4 is 15.4 Å². The average molecular weight is 298 g/mol. The second-order valence-corrected chi connectivity index (χ2v) is 4.92. The van der Waals surface area contributed by atoms with Crippen LogP contribution in [0.4, 0.5) is 11.4 Å². The summed E-state index contributed by atoms with van der Waals surface area (Å²) in [6.07, 6.45) is 0.700. The Hall–Kier alpha value is -2.49. The van der Waals surface area contributed by atoms with Crippen molar-refractivity contribution in [2.24, 2.45) is 0 Å². The molecule has 1 amide bonds. The molecule has 0 fully saturated rings. The third kappa shape index (κ3) is 4.52. The highest BCUT2D eigenvalue weighted by Crippen LogP contribution is 2.17. The zero-order valence-corrected chi connectivity index (χ0v) is 13.0. The number of carbonyl (C=O) groups is 1. The van der Waals surface area contributed by atoms with Crippen molar-refractivity contribution in [2.75, 3.05) is 17.2 Å². The van der Waals surface area contributed by atoms with Crippen molar-refractivity contribution in [3.63, 3.8) is 0 Å². The first-order valence-electron chi connectivity index (χ1n) is 7.58. The Balaban J connectivity index is 1.97. The Bertz CT molecular complexity index is 582. The molecule has 0 saturated carbocycles. The van der Waals surface area contributed by atoms with Crippen LogP contribution in [0.25, 0.3) is 0 Å². The maximum atomic E-state index is 12.3. The number of ether oxygens (including phenoxy) is 1. The molecule has 22 heavy (non-hydrogen) atoms. The third-order valence-electron chi connectivity index (χ3n) is 3.27. The summed E-state index contributed by atoms with van der Waals surface area (Å²) in [5.41, 5.74) is 1.71. The van der Waals surface area contributed by atoms with Crippen molar-refractivity contribution in [1.29, 1.82) is 0 Å². The molecule has 0 aliphatic carbocycles. The number of hydrogen-bond acceptors (Lipinski definition) is 3. The molecule has 2 aromatic carbocycles. The summed E-state index contributed by atoms with van der Waals surface area (Å²) in [4.78, 5) is 12.3. The first kappa shape index (κ1) is 15.9. The zero-order chi connectivity index (χ0) is 15.8. The van der Waals surface area contributed by atoms with Crippen molar-refractivity contribution >= 4 is 17.3 Å². The van der Waals surface area contributed by atoms with Crippen LogP contribution in [-0.4, -0.2) is 18.6 Å². The predicted octanol–water partition coefficient (Wildman–Crippen LogP) is 3.91. The Kier molecular flexibility index (Phi) is 5.83. The van der Waals surface area contributed by atoms with Gasteiger partial charge in [0.15, 0.2) is 0 Å². The molecular formula is C18H22N2O2. The minimum Gasteiger partial charge on any atom is -0.494 e. The molecule has 4 heteroatoms. The molecule has 2 N–H and O–H groups in total. The van der Waals surface area contributed by atoms with Gasteiger partial charge >= 0.3 is 0 Å². The van der Waals surface area contributed by atoms with E-state index in [4.69, 9.17) is 4.74 Å². The highest BCUT2D eigenvalue weighted by atomic mass is 16.5. The van der Waals surface area contributed by atoms with Crippen molar-refractivity contribution in [3.8, 4) is 5.75 Å². The maximum Gasteiger partial charge on any atom is 0.246 e. The summed E-state index contributed by atoms with van der Waals surface area (Å²) in [7, 11) is 0. The number of amides is 1. The minimum absolute atomic E-state index is 0.0393. The third-order valence-corrected chi connectivity index (χ3v) is 3.27. The van der Waals surface area contributed by atoms with Crippen LogP contribution in [0.1, 0.15) is 20.3 Å². The van der Waals surface area contributed by atoms with Crippen molar-refractivity contribution in [3.05, 3.63) is 54.6 Å². The quantitative estimate of drug-likeness (QED) is 0.814. The molecule has 0 unspecified atom stereocenters. The SMILES string of the molecule is CCOc1ccc(N[C@@H](CC)C(=O)Nc2ccccc2)cc1. The molecule has 0 spiro atoms. The Morgan fingerprint density at radius 1 is 1.00 bits per heavy atom. The van der Waals surface area contributed by atoms with Crippen LogP contribution in [0.2, 0.25) is 0 Å². The molecule has 2 aromatic rings. The highest BCUT2D eigenvalue weighted by Gasteiger charge is 2.16. The second-order valence-electron chi connectivity index (χ2n) is 4.92. The summed E-state index contributed by atoms with van der Waals surface area (Å²) in [5, 5.41) is 6.17. The smallest absolute Gasteiger partial charge is 0.246 e. The van der Waals surface area contributed by atoms with Gasteiger partial charge in [-0.3, -0.25) is 4.79 Å². The lowest BCUT2D eigenvalue weighted by Gasteiger charge is -2.18. The molecule has 1 atom stereocenters. The molecule has 0 radical (unpaired) electrons. The van der Waals surface area contributed by atoms with E-state index in [2.05, 4.69) is 10.6 Å². The molecule has 116 valence electrons. The van der Waals surface area contributed by atoms with Gasteiger partial charge < -0.3 is 15.4 Å². The van der Waals surface area contributed by atoms with Gasteiger partial charge in [0.1, 0.15) is 11.8 Å². The number of anilines is 2. The van der Waals surface area contributed by atoms with Crippen LogP contribution in [-0.2, 0) is 4.79 Å². The predicted molar refractivity (Wildman–Crippen MR) is 90.4 cm³/mol. The van der Waals surface area contributed by atoms with Gasteiger partial charge in [-0.15, -0.1) is 0 Å². The molecule has 0 aliphatic heterocycles. The molecule has 0 bridgehead atoms. The van der Waals surface area contributed by atoms with Crippen molar-refractivity contribution in [2.45, 2.75) is 26.3 Å². The number of nitrogens with one attached hydrogen (secondary N) is 2. The number of benzene rings is 2. The Morgan fingerprint density at radius 3 is 2.27 bits per heavy atom. The van der Waals surface area contributed by atoms with Gasteiger partial charge in [-0.05, 0) is 49.7 Å². The van der Waals surface area contributed by atoms with Gasteiger partial charge in [-0.2, -0.15) is 0 Å². The molecule has 4 nitrogen and oxygen atoms in total. The fourth-order valence-electron chi connectivity index (χ4n) is 2.12. The standard InChI is InChI=1S/C18H22N2O2/c1-3-17(18(21)20-14-8-6-5-7-9-14)19-15-10-12-16(13-11-15)22-4-2/h5-13,17,19H,3-4H2,1-2H3,(H,20,21)/t17-/m0/s1. The summed E-state index contributed by atoms with van der Waals surface area (Å²) in [6.45, 7) is 4.58. The van der Waals surface area contributed by atoms with Crippen LogP contribution in [0.15, 0.2) is 54.6 Å². The van der Waals surface area contributed by atoms with Crippen LogP contribution in [0.3, 0.4) is 0 Å². The lowest BCUT2D eigenvalue weighted by Crippen LogP contribution is -2.34. The molecule has 0 aromatic heterocycles. The summed E-state index contributed by atoms with van der Waals surface area (Å²) < 4.78 is 5.41. The number of para-hydroxylation sites is 1. The van der Waals surface area contributed by atoms with Gasteiger partial charge in [-0.25, -0.2) is 0 Å². The van der Waals surface area contributed by atoms with E-state index in [9.17, 15) is 4.79 Å². The van der Waals surface area contributed by atoms with Crippen LogP contribution >= 0.6 is 0 Å². The van der Waals surface area contributed by atoms with Crippen molar-refractivity contribution < 1.29 is 9.53 Å². The van der Waals surface area contributed by atoms with E-state index in [0.717, 1.165) is 17.1 Å². The molecule has 0 aliphatic rings. The lowest BCUT2D eigenvalue weighted by molar-refractivity contribution is -0.116. The van der Waals surface area contributed by atoms with E-state index < -0.39 is 0 Å². The topological polar surface area (TPSA) is 50.4 Å². The Labute approximate surface area is 131 Å².